The van der Waals surface area contributed by atoms with Crippen LogP contribution in [0.25, 0.3) is 0 Å². The number of benzene rings is 2. The van der Waals surface area contributed by atoms with E-state index >= 15 is 0 Å². The van der Waals surface area contributed by atoms with Gasteiger partial charge >= 0.3 is 0 Å². The van der Waals surface area contributed by atoms with Gasteiger partial charge in [-0.1, -0.05) is 24.3 Å². The summed E-state index contributed by atoms with van der Waals surface area (Å²) in [6.07, 6.45) is 1.54. The molecule has 0 fully saturated rings. The molecule has 1 aliphatic heterocycles. The van der Waals surface area contributed by atoms with Crippen molar-refractivity contribution in [2.75, 3.05) is 11.4 Å². The number of fused-ring (bicyclic) bond motifs is 1. The first-order chi connectivity index (χ1) is 10.1. The monoisotopic (exact) mass is 285 g/mol. The fourth-order valence-electron chi connectivity index (χ4n) is 2.71. The molecule has 0 unspecified atom stereocenters. The summed E-state index contributed by atoms with van der Waals surface area (Å²) in [5, 5.41) is 9.71. The smallest absolute Gasteiger partial charge is 0.227 e. The van der Waals surface area contributed by atoms with Crippen molar-refractivity contribution in [3.05, 3.63) is 59.4 Å². The maximum atomic E-state index is 13.3. The van der Waals surface area contributed by atoms with Crippen LogP contribution < -0.4 is 4.90 Å². The quantitative estimate of drug-likeness (QED) is 0.941. The molecule has 0 radical (unpaired) electrons. The number of phenols is 1. The third kappa shape index (κ3) is 2.75. The number of hydrogen-bond donors (Lipinski definition) is 1. The number of rotatable bonds is 3. The molecule has 108 valence electrons. The van der Waals surface area contributed by atoms with E-state index in [9.17, 15) is 14.3 Å². The number of hydrogen-bond acceptors (Lipinski definition) is 2. The molecule has 3 nitrogen and oxygen atoms in total. The molecule has 3 rings (SSSR count). The van der Waals surface area contributed by atoms with Crippen LogP contribution in [0.4, 0.5) is 10.1 Å². The van der Waals surface area contributed by atoms with Crippen LogP contribution >= 0.6 is 0 Å². The lowest BCUT2D eigenvalue weighted by Crippen LogP contribution is -2.29. The number of carbonyl (C=O) groups is 1. The molecule has 0 aliphatic carbocycles. The van der Waals surface area contributed by atoms with Gasteiger partial charge in [-0.2, -0.15) is 0 Å². The van der Waals surface area contributed by atoms with Gasteiger partial charge in [0, 0.05) is 18.7 Å². The van der Waals surface area contributed by atoms with Crippen molar-refractivity contribution in [1.29, 1.82) is 0 Å². The second-order valence-electron chi connectivity index (χ2n) is 5.20. The number of para-hydroxylation sites is 1. The first-order valence-electron chi connectivity index (χ1n) is 7.01. The van der Waals surface area contributed by atoms with E-state index in [-0.39, 0.29) is 17.5 Å². The highest BCUT2D eigenvalue weighted by atomic mass is 19.1. The fraction of sp³-hybridized carbons (Fsp3) is 0.235. The molecular formula is C17H16FNO2. The first-order valence-corrected chi connectivity index (χ1v) is 7.01. The fourth-order valence-corrected chi connectivity index (χ4v) is 2.71. The van der Waals surface area contributed by atoms with Gasteiger partial charge in [0.05, 0.1) is 0 Å². The highest BCUT2D eigenvalue weighted by Crippen LogP contribution is 2.29. The summed E-state index contributed by atoms with van der Waals surface area (Å²) < 4.78 is 13.3. The van der Waals surface area contributed by atoms with E-state index in [1.165, 1.54) is 12.1 Å². The van der Waals surface area contributed by atoms with Crippen LogP contribution in [0.15, 0.2) is 42.5 Å². The predicted octanol–water partition coefficient (Wildman–Crippen LogP) is 3.05. The molecule has 2 aromatic rings. The minimum absolute atomic E-state index is 0.0393. The van der Waals surface area contributed by atoms with E-state index in [1.807, 2.05) is 6.07 Å². The number of halogens is 1. The van der Waals surface area contributed by atoms with Crippen molar-refractivity contribution in [1.82, 2.24) is 0 Å². The highest BCUT2D eigenvalue weighted by molar-refractivity contribution is 5.95. The predicted molar refractivity (Wildman–Crippen MR) is 78.9 cm³/mol. The number of anilines is 1. The highest BCUT2D eigenvalue weighted by Gasteiger charge is 2.24. The van der Waals surface area contributed by atoms with Crippen molar-refractivity contribution in [2.45, 2.75) is 19.3 Å². The molecular weight excluding hydrogens is 269 g/mol. The Morgan fingerprint density at radius 1 is 1.24 bits per heavy atom. The van der Waals surface area contributed by atoms with E-state index in [4.69, 9.17) is 0 Å². The maximum Gasteiger partial charge on any atom is 0.227 e. The number of amides is 1. The Morgan fingerprint density at radius 3 is 2.86 bits per heavy atom. The Labute approximate surface area is 122 Å². The Balaban J connectivity index is 1.71. The van der Waals surface area contributed by atoms with Gasteiger partial charge in [0.25, 0.3) is 0 Å². The molecule has 1 N–H and O–H groups in total. The maximum absolute atomic E-state index is 13.3. The zero-order chi connectivity index (χ0) is 14.8. The zero-order valence-electron chi connectivity index (χ0n) is 11.6. The number of phenolic OH excluding ortho intramolecular Hbond substituents is 1. The average molecular weight is 285 g/mol. The van der Waals surface area contributed by atoms with E-state index in [0.29, 0.717) is 25.1 Å². The van der Waals surface area contributed by atoms with Crippen LogP contribution in [0.5, 0.6) is 5.75 Å². The van der Waals surface area contributed by atoms with Crippen LogP contribution in [-0.2, 0) is 17.6 Å². The summed E-state index contributed by atoms with van der Waals surface area (Å²) >= 11 is 0. The molecule has 0 saturated carbocycles. The molecule has 0 bridgehead atoms. The minimum Gasteiger partial charge on any atom is -0.508 e. The molecule has 21 heavy (non-hydrogen) atoms. The second kappa shape index (κ2) is 5.56. The van der Waals surface area contributed by atoms with Crippen LogP contribution in [0.2, 0.25) is 0 Å². The summed E-state index contributed by atoms with van der Waals surface area (Å²) in [5.41, 5.74) is 2.44. The second-order valence-corrected chi connectivity index (χ2v) is 5.20. The normalized spacial score (nSPS) is 13.3. The van der Waals surface area contributed by atoms with E-state index in [0.717, 1.165) is 17.5 Å². The van der Waals surface area contributed by atoms with Gasteiger partial charge in [-0.25, -0.2) is 4.39 Å². The van der Waals surface area contributed by atoms with Gasteiger partial charge in [0.15, 0.2) is 0 Å². The average Bonchev–Trinajstić information content (AvgIpc) is 2.89. The lowest BCUT2D eigenvalue weighted by Gasteiger charge is -2.17. The van der Waals surface area contributed by atoms with Crippen LogP contribution in [0, 0.1) is 5.82 Å². The summed E-state index contributed by atoms with van der Waals surface area (Å²) in [7, 11) is 0. The Bertz CT molecular complexity index is 684. The molecule has 1 amide bonds. The summed E-state index contributed by atoms with van der Waals surface area (Å²) in [6, 6.07) is 11.6. The lowest BCUT2D eigenvalue weighted by molar-refractivity contribution is -0.118. The third-order valence-electron chi connectivity index (χ3n) is 3.84. The lowest BCUT2D eigenvalue weighted by atomic mass is 10.1. The Morgan fingerprint density at radius 2 is 2.05 bits per heavy atom. The van der Waals surface area contributed by atoms with Crippen molar-refractivity contribution >= 4 is 11.6 Å². The summed E-state index contributed by atoms with van der Waals surface area (Å²) in [4.78, 5) is 14.0. The van der Waals surface area contributed by atoms with E-state index in [2.05, 4.69) is 0 Å². The molecule has 1 aliphatic rings. The van der Waals surface area contributed by atoms with Crippen LogP contribution in [0.1, 0.15) is 17.5 Å². The van der Waals surface area contributed by atoms with E-state index < -0.39 is 0 Å². The van der Waals surface area contributed by atoms with E-state index in [1.54, 1.807) is 29.2 Å². The molecule has 0 spiro atoms. The topological polar surface area (TPSA) is 40.5 Å². The number of carbonyl (C=O) groups excluding carboxylic acids is 1. The molecule has 2 aromatic carbocycles. The molecule has 1 heterocycles. The standard InChI is InChI=1S/C17H16FNO2/c18-14-7-5-12-9-10-19(15(12)11-14)17(21)8-6-13-3-1-2-4-16(13)20/h1-5,7,11,20H,6,8-10H2. The van der Waals surface area contributed by atoms with Gasteiger partial charge in [0.1, 0.15) is 11.6 Å². The third-order valence-corrected chi connectivity index (χ3v) is 3.84. The Kier molecular flexibility index (Phi) is 3.60. The van der Waals surface area contributed by atoms with Gasteiger partial charge < -0.3 is 10.0 Å². The van der Waals surface area contributed by atoms with Crippen LogP contribution in [-0.4, -0.2) is 17.6 Å². The molecule has 0 aromatic heterocycles. The summed E-state index contributed by atoms with van der Waals surface area (Å²) in [6.45, 7) is 0.596. The Hall–Kier alpha value is -2.36. The zero-order valence-corrected chi connectivity index (χ0v) is 11.6. The van der Waals surface area contributed by atoms with Crippen molar-refractivity contribution < 1.29 is 14.3 Å². The van der Waals surface area contributed by atoms with Crippen molar-refractivity contribution in [3.8, 4) is 5.75 Å². The largest absolute Gasteiger partial charge is 0.508 e. The van der Waals surface area contributed by atoms with Crippen molar-refractivity contribution in [3.63, 3.8) is 0 Å². The van der Waals surface area contributed by atoms with Crippen LogP contribution in [0.3, 0.4) is 0 Å². The minimum atomic E-state index is -0.325. The van der Waals surface area contributed by atoms with Gasteiger partial charge in [0.2, 0.25) is 5.91 Å². The SMILES string of the molecule is O=C(CCc1ccccc1O)N1CCc2ccc(F)cc21. The summed E-state index contributed by atoms with van der Waals surface area (Å²) in [5.74, 6) is -0.157. The number of aromatic hydroxyl groups is 1. The number of aryl methyl sites for hydroxylation is 1. The molecule has 0 saturated heterocycles. The van der Waals surface area contributed by atoms with Gasteiger partial charge in [-0.15, -0.1) is 0 Å². The first kappa shape index (κ1) is 13.6. The molecule has 0 atom stereocenters. The van der Waals surface area contributed by atoms with Gasteiger partial charge in [-0.05, 0) is 42.2 Å². The number of nitrogens with zero attached hydrogens (tertiary/aromatic N) is 1. The van der Waals surface area contributed by atoms with Gasteiger partial charge in [-0.3, -0.25) is 4.79 Å². The van der Waals surface area contributed by atoms with Crippen molar-refractivity contribution in [2.24, 2.45) is 0 Å². The molecule has 4 heteroatoms.